The van der Waals surface area contributed by atoms with Crippen LogP contribution < -0.4 is 3.58 Å². The molecule has 0 saturated heterocycles. The van der Waals surface area contributed by atoms with Crippen molar-refractivity contribution < 1.29 is 0 Å². The van der Waals surface area contributed by atoms with E-state index in [-0.39, 0.29) is 0 Å². The van der Waals surface area contributed by atoms with Gasteiger partial charge in [-0.15, -0.1) is 0 Å². The zero-order valence-corrected chi connectivity index (χ0v) is 20.4. The van der Waals surface area contributed by atoms with E-state index in [1.165, 1.54) is 57.4 Å². The van der Waals surface area contributed by atoms with Crippen LogP contribution in [0.3, 0.4) is 0 Å². The molecule has 0 fully saturated rings. The van der Waals surface area contributed by atoms with Crippen LogP contribution in [-0.2, 0) is 0 Å². The molecule has 0 aromatic heterocycles. The quantitative estimate of drug-likeness (QED) is 0.257. The second kappa shape index (κ2) is 12.3. The Labute approximate surface area is 171 Å². The summed E-state index contributed by atoms with van der Waals surface area (Å²) in [7, 11) is 0. The van der Waals surface area contributed by atoms with Crippen molar-refractivity contribution in [2.24, 2.45) is 0 Å². The third kappa shape index (κ3) is 6.72. The van der Waals surface area contributed by atoms with Gasteiger partial charge in [0.25, 0.3) is 0 Å². The van der Waals surface area contributed by atoms with Gasteiger partial charge in [0, 0.05) is 0 Å². The fraction of sp³-hybridized carbons (Fsp3) is 0.462. The summed E-state index contributed by atoms with van der Waals surface area (Å²) in [6, 6.07) is 19.6. The molecule has 1 heteroatoms. The van der Waals surface area contributed by atoms with Gasteiger partial charge in [-0.05, 0) is 0 Å². The normalized spacial score (nSPS) is 11.1. The van der Waals surface area contributed by atoms with Gasteiger partial charge < -0.3 is 0 Å². The van der Waals surface area contributed by atoms with Gasteiger partial charge in [-0.2, -0.15) is 0 Å². The van der Waals surface area contributed by atoms with Gasteiger partial charge in [0.05, 0.1) is 0 Å². The fourth-order valence-corrected chi connectivity index (χ4v) is 20.6. The zero-order valence-electron chi connectivity index (χ0n) is 17.6. The van der Waals surface area contributed by atoms with Crippen molar-refractivity contribution in [1.29, 1.82) is 0 Å². The molecule has 0 atom stereocenters. The maximum absolute atomic E-state index is 3.57. The Balaban J connectivity index is 2.45. The molecule has 0 saturated carbocycles. The van der Waals surface area contributed by atoms with E-state index < -0.39 is 18.4 Å². The number of rotatable bonds is 10. The van der Waals surface area contributed by atoms with Gasteiger partial charge in [-0.3, -0.25) is 0 Å². The Kier molecular flexibility index (Phi) is 10.1. The first-order chi connectivity index (χ1) is 13.3. The Morgan fingerprint density at radius 2 is 1.15 bits per heavy atom. The van der Waals surface area contributed by atoms with Crippen LogP contribution in [0.15, 0.2) is 54.6 Å². The molecule has 144 valence electrons. The van der Waals surface area contributed by atoms with Crippen molar-refractivity contribution in [1.82, 2.24) is 0 Å². The third-order valence-electron chi connectivity index (χ3n) is 5.64. The summed E-state index contributed by atoms with van der Waals surface area (Å²) in [5, 5.41) is 0. The van der Waals surface area contributed by atoms with Crippen LogP contribution >= 0.6 is 0 Å². The first-order valence-electron chi connectivity index (χ1n) is 10.9. The van der Waals surface area contributed by atoms with Gasteiger partial charge in [0.15, 0.2) is 0 Å². The summed E-state index contributed by atoms with van der Waals surface area (Å²) in [6.07, 6.45) is 8.12. The molecule has 2 aromatic rings. The van der Waals surface area contributed by atoms with E-state index in [9.17, 15) is 0 Å². The zero-order chi connectivity index (χ0) is 19.4. The van der Waals surface area contributed by atoms with E-state index >= 15 is 0 Å². The van der Waals surface area contributed by atoms with Gasteiger partial charge in [-0.1, -0.05) is 0 Å². The molecule has 2 rings (SSSR count). The predicted octanol–water partition coefficient (Wildman–Crippen LogP) is 7.14. The van der Waals surface area contributed by atoms with Crippen molar-refractivity contribution >= 4 is 22.0 Å². The van der Waals surface area contributed by atoms with Crippen LogP contribution in [0.2, 0.25) is 13.3 Å². The van der Waals surface area contributed by atoms with Crippen molar-refractivity contribution in [2.45, 2.75) is 72.6 Å². The summed E-state index contributed by atoms with van der Waals surface area (Å²) in [4.78, 5) is 0. The molecule has 0 amide bonds. The summed E-state index contributed by atoms with van der Waals surface area (Å²) in [5.74, 6) is 6.99. The standard InChI is InChI=1S/C14H9.3C4H9.Sn/c1-3-7-13(8-4-1)11-12-14-9-5-2-6-10-14;3*1-3-4-2;/h1-9H;3*1,3-4H2,2H3;. The van der Waals surface area contributed by atoms with E-state index in [1.807, 2.05) is 0 Å². The molecule has 0 aliphatic heterocycles. The molecule has 0 unspecified atom stereocenters. The monoisotopic (exact) mass is 468 g/mol. The van der Waals surface area contributed by atoms with Crippen LogP contribution in [0, 0.1) is 11.8 Å². The average molecular weight is 467 g/mol. The van der Waals surface area contributed by atoms with E-state index in [0.29, 0.717) is 0 Å². The molecule has 0 bridgehead atoms. The molecule has 0 spiro atoms. The molecule has 0 radical (unpaired) electrons. The van der Waals surface area contributed by atoms with Crippen LogP contribution in [0.25, 0.3) is 0 Å². The summed E-state index contributed by atoms with van der Waals surface area (Å²) >= 11 is -2.44. The van der Waals surface area contributed by atoms with Crippen molar-refractivity contribution in [2.75, 3.05) is 0 Å². The Morgan fingerprint density at radius 3 is 1.70 bits per heavy atom. The van der Waals surface area contributed by atoms with Gasteiger partial charge in [0.1, 0.15) is 0 Å². The average Bonchev–Trinajstić information content (AvgIpc) is 2.73. The van der Waals surface area contributed by atoms with Crippen LogP contribution in [0.1, 0.15) is 70.4 Å². The first-order valence-corrected chi connectivity index (χ1v) is 18.4. The second-order valence-corrected chi connectivity index (χ2v) is 20.9. The van der Waals surface area contributed by atoms with Crippen molar-refractivity contribution in [3.63, 3.8) is 0 Å². The molecule has 0 nitrogen and oxygen atoms in total. The first kappa shape index (κ1) is 22.1. The predicted molar refractivity (Wildman–Crippen MR) is 123 cm³/mol. The van der Waals surface area contributed by atoms with Crippen LogP contribution in [0.4, 0.5) is 0 Å². The molecule has 2 aromatic carbocycles. The molecule has 0 aliphatic rings. The van der Waals surface area contributed by atoms with Gasteiger partial charge >= 0.3 is 172 Å². The number of hydrogen-bond donors (Lipinski definition) is 0. The molecule has 0 aliphatic carbocycles. The summed E-state index contributed by atoms with van der Waals surface area (Å²) < 4.78 is 6.19. The Morgan fingerprint density at radius 1 is 0.630 bits per heavy atom. The topological polar surface area (TPSA) is 0 Å². The SMILES string of the molecule is CCC[CH2][Sn]([CH2]CCC)([CH2]CCC)[c]1ccccc1C#Cc1ccccc1. The molecule has 0 N–H and O–H groups in total. The molecular weight excluding hydrogens is 431 g/mol. The van der Waals surface area contributed by atoms with Crippen LogP contribution in [0.5, 0.6) is 0 Å². The fourth-order valence-electron chi connectivity index (χ4n) is 4.04. The van der Waals surface area contributed by atoms with Gasteiger partial charge in [0.2, 0.25) is 0 Å². The Bertz CT molecular complexity index is 699. The number of benzene rings is 2. The molecule has 0 heterocycles. The van der Waals surface area contributed by atoms with E-state index in [4.69, 9.17) is 0 Å². The summed E-state index contributed by atoms with van der Waals surface area (Å²) in [6.45, 7) is 7.03. The molecule has 27 heavy (non-hydrogen) atoms. The van der Waals surface area contributed by atoms with Crippen molar-refractivity contribution in [3.05, 3.63) is 65.7 Å². The number of unbranched alkanes of at least 4 members (excludes halogenated alkanes) is 3. The third-order valence-corrected chi connectivity index (χ3v) is 21.4. The minimum atomic E-state index is -2.44. The van der Waals surface area contributed by atoms with Gasteiger partial charge in [-0.25, -0.2) is 0 Å². The second-order valence-electron chi connectivity index (χ2n) is 7.75. The van der Waals surface area contributed by atoms with E-state index in [1.54, 1.807) is 3.58 Å². The van der Waals surface area contributed by atoms with E-state index in [2.05, 4.69) is 87.2 Å². The van der Waals surface area contributed by atoms with Crippen molar-refractivity contribution in [3.8, 4) is 11.8 Å². The Hall–Kier alpha value is -1.20. The van der Waals surface area contributed by atoms with Crippen LogP contribution in [-0.4, -0.2) is 18.4 Å². The minimum absolute atomic E-state index is 1.11. The summed E-state index contributed by atoms with van der Waals surface area (Å²) in [5.41, 5.74) is 2.43. The maximum atomic E-state index is 3.57. The van der Waals surface area contributed by atoms with E-state index in [0.717, 1.165) is 5.56 Å². The molecular formula is C26H36Sn. The number of hydrogen-bond acceptors (Lipinski definition) is 0.